The zero-order chi connectivity index (χ0) is 8.43. The predicted octanol–water partition coefficient (Wildman–Crippen LogP) is 2.38. The van der Waals surface area contributed by atoms with Crippen molar-refractivity contribution in [2.45, 2.75) is 6.43 Å². The molecule has 60 valence electrons. The van der Waals surface area contributed by atoms with Crippen LogP contribution in [-0.2, 0) is 0 Å². The molecule has 0 aliphatic heterocycles. The van der Waals surface area contributed by atoms with Crippen LogP contribution >= 0.6 is 11.6 Å². The fourth-order valence-corrected chi connectivity index (χ4v) is 0.792. The summed E-state index contributed by atoms with van der Waals surface area (Å²) in [7, 11) is 0. The summed E-state index contributed by atoms with van der Waals surface area (Å²) >= 11 is 5.29. The lowest BCUT2D eigenvalue weighted by atomic mass is 10.3. The van der Waals surface area contributed by atoms with Crippen molar-refractivity contribution < 1.29 is 13.9 Å². The van der Waals surface area contributed by atoms with Crippen LogP contribution in [0, 0.1) is 0 Å². The number of alkyl halides is 2. The van der Waals surface area contributed by atoms with E-state index in [1.54, 1.807) is 0 Å². The number of halogens is 3. The molecule has 1 heterocycles. The van der Waals surface area contributed by atoms with E-state index in [4.69, 9.17) is 16.7 Å². The lowest BCUT2D eigenvalue weighted by Crippen LogP contribution is -1.87. The maximum Gasteiger partial charge on any atom is 0.266 e. The van der Waals surface area contributed by atoms with Gasteiger partial charge < -0.3 is 5.11 Å². The van der Waals surface area contributed by atoms with Crippen molar-refractivity contribution in [3.8, 4) is 5.75 Å². The molecule has 0 aliphatic rings. The molecule has 1 N–H and O–H groups in total. The Morgan fingerprint density at radius 2 is 2.18 bits per heavy atom. The molecule has 0 bridgehead atoms. The van der Waals surface area contributed by atoms with Gasteiger partial charge >= 0.3 is 0 Å². The molecule has 0 saturated carbocycles. The normalized spacial score (nSPS) is 10.5. The van der Waals surface area contributed by atoms with Gasteiger partial charge in [-0.25, -0.2) is 13.8 Å². The maximum absolute atomic E-state index is 12.0. The highest BCUT2D eigenvalue weighted by Crippen LogP contribution is 2.27. The number of aromatic nitrogens is 1. The number of pyridine rings is 1. The van der Waals surface area contributed by atoms with Crippen molar-refractivity contribution in [1.29, 1.82) is 0 Å². The van der Waals surface area contributed by atoms with E-state index in [1.165, 1.54) is 0 Å². The van der Waals surface area contributed by atoms with Crippen molar-refractivity contribution in [2.75, 3.05) is 0 Å². The Labute approximate surface area is 66.4 Å². The molecule has 5 heteroatoms. The van der Waals surface area contributed by atoms with E-state index >= 15 is 0 Å². The second-order valence-electron chi connectivity index (χ2n) is 1.87. The van der Waals surface area contributed by atoms with Crippen LogP contribution in [0.3, 0.4) is 0 Å². The summed E-state index contributed by atoms with van der Waals surface area (Å²) in [5.41, 5.74) is -0.452. The topological polar surface area (TPSA) is 33.1 Å². The minimum absolute atomic E-state index is 0.280. The molecule has 0 amide bonds. The standard InChI is InChI=1S/C6H4ClF2NO/c7-5-4(6(8)9)1-3(11)2-10-5/h1-2,6,11H. The van der Waals surface area contributed by atoms with Crippen LogP contribution in [0.5, 0.6) is 5.75 Å². The zero-order valence-corrected chi connectivity index (χ0v) is 6.02. The van der Waals surface area contributed by atoms with Crippen LogP contribution in [0.15, 0.2) is 12.3 Å². The smallest absolute Gasteiger partial charge is 0.266 e. The van der Waals surface area contributed by atoms with Gasteiger partial charge in [0.2, 0.25) is 0 Å². The molecule has 2 nitrogen and oxygen atoms in total. The van der Waals surface area contributed by atoms with Crippen LogP contribution in [0.2, 0.25) is 5.15 Å². The number of rotatable bonds is 1. The molecule has 0 atom stereocenters. The molecule has 1 aromatic heterocycles. The van der Waals surface area contributed by atoms with Gasteiger partial charge in [-0.3, -0.25) is 0 Å². The molecule has 0 radical (unpaired) electrons. The van der Waals surface area contributed by atoms with E-state index in [-0.39, 0.29) is 10.9 Å². The molecule has 11 heavy (non-hydrogen) atoms. The summed E-state index contributed by atoms with van der Waals surface area (Å²) in [5, 5.41) is 8.45. The molecule has 1 aromatic rings. The number of aromatic hydroxyl groups is 1. The quantitative estimate of drug-likeness (QED) is 0.672. The Kier molecular flexibility index (Phi) is 2.24. The highest BCUT2D eigenvalue weighted by molar-refractivity contribution is 6.30. The SMILES string of the molecule is Oc1cnc(Cl)c(C(F)F)c1. The third-order valence-electron chi connectivity index (χ3n) is 1.09. The van der Waals surface area contributed by atoms with Gasteiger partial charge in [-0.15, -0.1) is 0 Å². The van der Waals surface area contributed by atoms with Crippen LogP contribution in [0.1, 0.15) is 12.0 Å². The first-order valence-corrected chi connectivity index (χ1v) is 3.11. The van der Waals surface area contributed by atoms with Gasteiger partial charge in [-0.2, -0.15) is 0 Å². The Balaban J connectivity index is 3.13. The van der Waals surface area contributed by atoms with Crippen LogP contribution in [0.4, 0.5) is 8.78 Å². The van der Waals surface area contributed by atoms with Crippen molar-refractivity contribution >= 4 is 11.6 Å². The van der Waals surface area contributed by atoms with Crippen LogP contribution in [0.25, 0.3) is 0 Å². The molecule has 0 spiro atoms. The first-order chi connectivity index (χ1) is 5.11. The summed E-state index contributed by atoms with van der Waals surface area (Å²) in [4.78, 5) is 3.34. The molecule has 0 fully saturated rings. The summed E-state index contributed by atoms with van der Waals surface area (Å²) in [6.07, 6.45) is -1.70. The molecule has 1 rings (SSSR count). The van der Waals surface area contributed by atoms with Gasteiger partial charge in [0.15, 0.2) is 0 Å². The lowest BCUT2D eigenvalue weighted by Gasteiger charge is -2.00. The molecule has 0 aromatic carbocycles. The fourth-order valence-electron chi connectivity index (χ4n) is 0.607. The first kappa shape index (κ1) is 8.20. The van der Waals surface area contributed by atoms with Gasteiger partial charge in [0.25, 0.3) is 6.43 Å². The minimum Gasteiger partial charge on any atom is -0.506 e. The van der Waals surface area contributed by atoms with E-state index in [0.29, 0.717) is 0 Å². The highest BCUT2D eigenvalue weighted by Gasteiger charge is 2.12. The van der Waals surface area contributed by atoms with Crippen LogP contribution in [-0.4, -0.2) is 10.1 Å². The molecule has 0 unspecified atom stereocenters. The number of hydrogen-bond acceptors (Lipinski definition) is 2. The summed E-state index contributed by atoms with van der Waals surface area (Å²) in [6, 6.07) is 0.889. The lowest BCUT2D eigenvalue weighted by molar-refractivity contribution is 0.150. The van der Waals surface area contributed by atoms with Gasteiger partial charge in [0, 0.05) is 0 Å². The molecular weight excluding hydrogens is 176 g/mol. The van der Waals surface area contributed by atoms with Gasteiger partial charge in [-0.1, -0.05) is 11.6 Å². The Hall–Kier alpha value is -0.900. The Morgan fingerprint density at radius 3 is 2.64 bits per heavy atom. The number of hydrogen-bond donors (Lipinski definition) is 1. The van der Waals surface area contributed by atoms with Gasteiger partial charge in [0.1, 0.15) is 10.9 Å². The van der Waals surface area contributed by atoms with Crippen molar-refractivity contribution in [3.05, 3.63) is 23.0 Å². The average molecular weight is 180 g/mol. The van der Waals surface area contributed by atoms with E-state index in [1.807, 2.05) is 0 Å². The Morgan fingerprint density at radius 1 is 1.55 bits per heavy atom. The second kappa shape index (κ2) is 3.00. The van der Waals surface area contributed by atoms with E-state index in [9.17, 15) is 8.78 Å². The third kappa shape index (κ3) is 1.77. The monoisotopic (exact) mass is 179 g/mol. The van der Waals surface area contributed by atoms with Crippen molar-refractivity contribution in [1.82, 2.24) is 4.98 Å². The first-order valence-electron chi connectivity index (χ1n) is 2.74. The van der Waals surface area contributed by atoms with E-state index in [0.717, 1.165) is 12.3 Å². The average Bonchev–Trinajstić information content (AvgIpc) is 1.94. The predicted molar refractivity (Wildman–Crippen MR) is 35.9 cm³/mol. The van der Waals surface area contributed by atoms with E-state index < -0.39 is 12.0 Å². The summed E-state index contributed by atoms with van der Waals surface area (Å²) < 4.78 is 23.9. The number of nitrogens with zero attached hydrogens (tertiary/aromatic N) is 1. The van der Waals surface area contributed by atoms with Crippen molar-refractivity contribution in [2.24, 2.45) is 0 Å². The second-order valence-corrected chi connectivity index (χ2v) is 2.23. The summed E-state index contributed by atoms with van der Waals surface area (Å²) in [5.74, 6) is -0.315. The highest BCUT2D eigenvalue weighted by atomic mass is 35.5. The Bertz CT molecular complexity index is 267. The van der Waals surface area contributed by atoms with Gasteiger partial charge in [0.05, 0.1) is 11.8 Å². The largest absolute Gasteiger partial charge is 0.506 e. The van der Waals surface area contributed by atoms with Crippen LogP contribution < -0.4 is 0 Å². The summed E-state index contributed by atoms with van der Waals surface area (Å²) in [6.45, 7) is 0. The van der Waals surface area contributed by atoms with Gasteiger partial charge in [-0.05, 0) is 6.07 Å². The third-order valence-corrected chi connectivity index (χ3v) is 1.40. The molecular formula is C6H4ClF2NO. The molecule has 0 saturated heterocycles. The zero-order valence-electron chi connectivity index (χ0n) is 5.26. The minimum atomic E-state index is -2.71. The fraction of sp³-hybridized carbons (Fsp3) is 0.167. The van der Waals surface area contributed by atoms with E-state index in [2.05, 4.69) is 4.98 Å². The molecule has 0 aliphatic carbocycles. The van der Waals surface area contributed by atoms with Crippen molar-refractivity contribution in [3.63, 3.8) is 0 Å². The maximum atomic E-state index is 12.0.